The summed E-state index contributed by atoms with van der Waals surface area (Å²) >= 11 is 0. The van der Waals surface area contributed by atoms with Gasteiger partial charge in [-0.05, 0) is 38.0 Å². The van der Waals surface area contributed by atoms with Gasteiger partial charge in [-0.2, -0.15) is 0 Å². The van der Waals surface area contributed by atoms with Crippen LogP contribution in [0.2, 0.25) is 0 Å². The van der Waals surface area contributed by atoms with Crippen molar-refractivity contribution in [2.75, 3.05) is 32.2 Å². The highest BCUT2D eigenvalue weighted by atomic mass is 16.5. The smallest absolute Gasteiger partial charge is 0.210 e. The van der Waals surface area contributed by atoms with Crippen LogP contribution in [0.1, 0.15) is 18.9 Å². The molecule has 0 aliphatic heterocycles. The molecule has 0 fully saturated rings. The minimum atomic E-state index is 0.505. The van der Waals surface area contributed by atoms with Crippen LogP contribution in [0.5, 0.6) is 5.75 Å². The number of hydrazine groups is 1. The summed E-state index contributed by atoms with van der Waals surface area (Å²) in [6, 6.07) is 5.87. The van der Waals surface area contributed by atoms with Gasteiger partial charge in [-0.1, -0.05) is 6.07 Å². The van der Waals surface area contributed by atoms with E-state index in [1.54, 1.807) is 7.11 Å². The molecule has 0 radical (unpaired) electrons. The summed E-state index contributed by atoms with van der Waals surface area (Å²) < 4.78 is 10.6. The normalized spacial score (nSPS) is 11.3. The molecule has 0 heterocycles. The summed E-state index contributed by atoms with van der Waals surface area (Å²) in [6.45, 7) is 6.05. The number of nitrogens with zero attached hydrogens (tertiary/aromatic N) is 1. The van der Waals surface area contributed by atoms with Crippen LogP contribution >= 0.6 is 0 Å². The zero-order valence-corrected chi connectivity index (χ0v) is 12.4. The number of benzene rings is 1. The van der Waals surface area contributed by atoms with Crippen molar-refractivity contribution in [2.24, 2.45) is 10.8 Å². The number of aliphatic imine (C=N–C) groups is 1. The van der Waals surface area contributed by atoms with Gasteiger partial charge in [0.1, 0.15) is 5.75 Å². The van der Waals surface area contributed by atoms with Gasteiger partial charge < -0.3 is 14.8 Å². The maximum absolute atomic E-state index is 5.48. The number of methoxy groups -OCH3 is 1. The minimum absolute atomic E-state index is 0.505. The topological polar surface area (TPSA) is 80.9 Å². The van der Waals surface area contributed by atoms with Crippen molar-refractivity contribution in [1.82, 2.24) is 5.43 Å². The Morgan fingerprint density at radius 3 is 2.85 bits per heavy atom. The van der Waals surface area contributed by atoms with E-state index in [4.69, 9.17) is 15.3 Å². The second-order valence-corrected chi connectivity index (χ2v) is 4.25. The zero-order chi connectivity index (χ0) is 14.8. The van der Waals surface area contributed by atoms with E-state index in [0.29, 0.717) is 19.1 Å². The van der Waals surface area contributed by atoms with Crippen molar-refractivity contribution in [2.45, 2.75) is 20.3 Å². The van der Waals surface area contributed by atoms with E-state index in [0.717, 1.165) is 30.0 Å². The average molecular weight is 280 g/mol. The molecule has 1 rings (SSSR count). The van der Waals surface area contributed by atoms with Crippen molar-refractivity contribution >= 4 is 11.6 Å². The summed E-state index contributed by atoms with van der Waals surface area (Å²) in [5.74, 6) is 6.72. The highest BCUT2D eigenvalue weighted by molar-refractivity contribution is 5.94. The molecule has 1 aromatic rings. The highest BCUT2D eigenvalue weighted by Gasteiger charge is 2.05. The van der Waals surface area contributed by atoms with E-state index in [1.165, 1.54) is 0 Å². The molecule has 0 saturated carbocycles. The van der Waals surface area contributed by atoms with E-state index in [-0.39, 0.29) is 0 Å². The summed E-state index contributed by atoms with van der Waals surface area (Å²) in [5, 5.41) is 3.13. The van der Waals surface area contributed by atoms with Crippen LogP contribution in [0.3, 0.4) is 0 Å². The quantitative estimate of drug-likeness (QED) is 0.233. The first kappa shape index (κ1) is 16.3. The number of guanidine groups is 1. The molecule has 0 aromatic heterocycles. The Balaban J connectivity index is 2.63. The molecule has 6 heteroatoms. The number of ether oxygens (including phenoxy) is 2. The molecule has 1 aromatic carbocycles. The van der Waals surface area contributed by atoms with Crippen LogP contribution in [0.4, 0.5) is 5.69 Å². The molecule has 112 valence electrons. The van der Waals surface area contributed by atoms with Gasteiger partial charge in [0.05, 0.1) is 12.8 Å². The molecule has 0 aliphatic carbocycles. The van der Waals surface area contributed by atoms with E-state index in [1.807, 2.05) is 32.0 Å². The van der Waals surface area contributed by atoms with Crippen LogP contribution in [0.25, 0.3) is 0 Å². The number of anilines is 1. The largest absolute Gasteiger partial charge is 0.495 e. The molecule has 0 atom stereocenters. The van der Waals surface area contributed by atoms with E-state index in [9.17, 15) is 0 Å². The lowest BCUT2D eigenvalue weighted by atomic mass is 10.2. The van der Waals surface area contributed by atoms with Crippen LogP contribution in [-0.2, 0) is 4.74 Å². The molecule has 0 saturated heterocycles. The number of hydrogen-bond acceptors (Lipinski definition) is 4. The Morgan fingerprint density at radius 2 is 2.20 bits per heavy atom. The number of hydrogen-bond donors (Lipinski definition) is 3. The van der Waals surface area contributed by atoms with Crippen molar-refractivity contribution in [3.8, 4) is 5.75 Å². The lowest BCUT2D eigenvalue weighted by Gasteiger charge is -2.13. The molecule has 4 N–H and O–H groups in total. The molecule has 20 heavy (non-hydrogen) atoms. The number of aryl methyl sites for hydroxylation is 1. The van der Waals surface area contributed by atoms with Crippen LogP contribution < -0.4 is 21.3 Å². The van der Waals surface area contributed by atoms with Crippen molar-refractivity contribution in [3.63, 3.8) is 0 Å². The third-order valence-corrected chi connectivity index (χ3v) is 2.67. The number of rotatable bonds is 7. The van der Waals surface area contributed by atoms with Gasteiger partial charge >= 0.3 is 0 Å². The number of nitrogens with one attached hydrogen (secondary N) is 2. The molecule has 0 bridgehead atoms. The van der Waals surface area contributed by atoms with Crippen LogP contribution in [0.15, 0.2) is 23.2 Å². The fourth-order valence-electron chi connectivity index (χ4n) is 1.67. The van der Waals surface area contributed by atoms with Crippen molar-refractivity contribution < 1.29 is 9.47 Å². The Bertz CT molecular complexity index is 435. The molecular formula is C14H24N4O2. The second kappa shape index (κ2) is 9.17. The Labute approximate surface area is 120 Å². The van der Waals surface area contributed by atoms with E-state index < -0.39 is 0 Å². The van der Waals surface area contributed by atoms with Crippen LogP contribution in [-0.4, -0.2) is 32.8 Å². The van der Waals surface area contributed by atoms with E-state index in [2.05, 4.69) is 15.7 Å². The first-order chi connectivity index (χ1) is 9.71. The summed E-state index contributed by atoms with van der Waals surface area (Å²) in [4.78, 5) is 4.35. The molecule has 0 spiro atoms. The second-order valence-electron chi connectivity index (χ2n) is 4.25. The van der Waals surface area contributed by atoms with Gasteiger partial charge in [0, 0.05) is 19.8 Å². The maximum atomic E-state index is 5.48. The maximum Gasteiger partial charge on any atom is 0.210 e. The molecule has 6 nitrogen and oxygen atoms in total. The molecule has 0 unspecified atom stereocenters. The molecule has 0 amide bonds. The Kier molecular flexibility index (Phi) is 7.46. The molecular weight excluding hydrogens is 256 g/mol. The summed E-state index contributed by atoms with van der Waals surface area (Å²) in [6.07, 6.45) is 0.853. The first-order valence-corrected chi connectivity index (χ1v) is 6.71. The van der Waals surface area contributed by atoms with Gasteiger partial charge in [-0.25, -0.2) is 5.84 Å². The fraction of sp³-hybridized carbons (Fsp3) is 0.500. The minimum Gasteiger partial charge on any atom is -0.495 e. The lowest BCUT2D eigenvalue weighted by molar-refractivity contribution is 0.146. The van der Waals surface area contributed by atoms with Gasteiger partial charge in [0.15, 0.2) is 0 Å². The van der Waals surface area contributed by atoms with Gasteiger partial charge in [0.25, 0.3) is 0 Å². The summed E-state index contributed by atoms with van der Waals surface area (Å²) in [7, 11) is 1.63. The standard InChI is InChI=1S/C14H24N4O2/c1-4-20-9-5-8-16-14(18-15)17-12-10-11(2)6-7-13(12)19-3/h6-7,10H,4-5,8-9,15H2,1-3H3,(H2,16,17,18). The van der Waals surface area contributed by atoms with E-state index >= 15 is 0 Å². The first-order valence-electron chi connectivity index (χ1n) is 6.71. The predicted octanol–water partition coefficient (Wildman–Crippen LogP) is 1.66. The molecule has 0 aliphatic rings. The Hall–Kier alpha value is -1.79. The fourth-order valence-corrected chi connectivity index (χ4v) is 1.67. The Morgan fingerprint density at radius 1 is 1.40 bits per heavy atom. The van der Waals surface area contributed by atoms with Gasteiger partial charge in [-0.3, -0.25) is 10.4 Å². The third kappa shape index (κ3) is 5.46. The van der Waals surface area contributed by atoms with Crippen molar-refractivity contribution in [3.05, 3.63) is 23.8 Å². The predicted molar refractivity (Wildman–Crippen MR) is 82.1 cm³/mol. The monoisotopic (exact) mass is 280 g/mol. The zero-order valence-electron chi connectivity index (χ0n) is 12.4. The van der Waals surface area contributed by atoms with Gasteiger partial charge in [0.2, 0.25) is 5.96 Å². The SMILES string of the molecule is CCOCCCN=C(NN)Nc1cc(C)ccc1OC. The number of nitrogens with two attached hydrogens (primary N) is 1. The average Bonchev–Trinajstić information content (AvgIpc) is 2.46. The van der Waals surface area contributed by atoms with Crippen LogP contribution in [0, 0.1) is 6.92 Å². The third-order valence-electron chi connectivity index (χ3n) is 2.67. The highest BCUT2D eigenvalue weighted by Crippen LogP contribution is 2.24. The summed E-state index contributed by atoms with van der Waals surface area (Å²) in [5.41, 5.74) is 4.51. The van der Waals surface area contributed by atoms with Crippen molar-refractivity contribution in [1.29, 1.82) is 0 Å². The lowest BCUT2D eigenvalue weighted by Crippen LogP contribution is -2.36. The van der Waals surface area contributed by atoms with Gasteiger partial charge in [-0.15, -0.1) is 0 Å².